The van der Waals surface area contributed by atoms with Gasteiger partial charge in [0.2, 0.25) is 0 Å². The first-order valence-electron chi connectivity index (χ1n) is 7.44. The number of hydrogen-bond donors (Lipinski definition) is 2. The van der Waals surface area contributed by atoms with Gasteiger partial charge in [-0.15, -0.1) is 0 Å². The van der Waals surface area contributed by atoms with Gasteiger partial charge in [0.25, 0.3) is 0 Å². The van der Waals surface area contributed by atoms with E-state index in [0.29, 0.717) is 0 Å². The molecule has 0 amide bonds. The third-order valence-corrected chi connectivity index (χ3v) is 3.15. The number of nitrogens with zero attached hydrogens (tertiary/aromatic N) is 1. The lowest BCUT2D eigenvalue weighted by molar-refractivity contribution is 0.217. The van der Waals surface area contributed by atoms with Crippen LogP contribution in [0.4, 0.5) is 17.1 Å². The first-order valence-corrected chi connectivity index (χ1v) is 7.44. The molecule has 0 saturated heterocycles. The average molecular weight is 285 g/mol. The Balaban J connectivity index is 2.08. The Morgan fingerprint density at radius 3 is 2.67 bits per heavy atom. The average Bonchev–Trinajstić information content (AvgIpc) is 2.48. The molecule has 0 radical (unpaired) electrons. The summed E-state index contributed by atoms with van der Waals surface area (Å²) in [4.78, 5) is 4.23. The molecule has 0 bridgehead atoms. The van der Waals surface area contributed by atoms with E-state index in [1.807, 2.05) is 42.7 Å². The largest absolute Gasteiger partial charge is 0.491 e. The monoisotopic (exact) mass is 285 g/mol. The summed E-state index contributed by atoms with van der Waals surface area (Å²) in [6.45, 7) is 7.13. The van der Waals surface area contributed by atoms with E-state index in [0.717, 1.165) is 35.8 Å². The zero-order valence-electron chi connectivity index (χ0n) is 12.9. The van der Waals surface area contributed by atoms with E-state index in [1.54, 1.807) is 0 Å². The highest BCUT2D eigenvalue weighted by Crippen LogP contribution is 2.23. The molecule has 1 unspecified atom stereocenters. The third-order valence-electron chi connectivity index (χ3n) is 3.15. The lowest BCUT2D eigenvalue weighted by Crippen LogP contribution is -2.09. The minimum Gasteiger partial charge on any atom is -0.491 e. The van der Waals surface area contributed by atoms with Gasteiger partial charge in [-0.25, -0.2) is 0 Å². The fourth-order valence-electron chi connectivity index (χ4n) is 1.94. The van der Waals surface area contributed by atoms with E-state index in [1.165, 1.54) is 0 Å². The summed E-state index contributed by atoms with van der Waals surface area (Å²) in [6, 6.07) is 10.0. The summed E-state index contributed by atoms with van der Waals surface area (Å²) in [5, 5.41) is 6.60. The molecular weight excluding hydrogens is 262 g/mol. The molecule has 1 atom stereocenters. The molecule has 4 nitrogen and oxygen atoms in total. The highest BCUT2D eigenvalue weighted by atomic mass is 16.5. The van der Waals surface area contributed by atoms with Gasteiger partial charge in [0.1, 0.15) is 5.75 Å². The predicted octanol–water partition coefficient (Wildman–Crippen LogP) is 4.43. The van der Waals surface area contributed by atoms with Crippen molar-refractivity contribution in [2.45, 2.75) is 33.3 Å². The van der Waals surface area contributed by atoms with E-state index in [-0.39, 0.29) is 6.10 Å². The van der Waals surface area contributed by atoms with Crippen molar-refractivity contribution in [2.24, 2.45) is 0 Å². The van der Waals surface area contributed by atoms with Crippen molar-refractivity contribution in [1.82, 2.24) is 4.98 Å². The number of rotatable bonds is 7. The van der Waals surface area contributed by atoms with Crippen molar-refractivity contribution in [1.29, 1.82) is 0 Å². The Morgan fingerprint density at radius 1 is 1.10 bits per heavy atom. The predicted molar refractivity (Wildman–Crippen MR) is 88.5 cm³/mol. The number of hydrogen-bond acceptors (Lipinski definition) is 4. The maximum Gasteiger partial charge on any atom is 0.121 e. The summed E-state index contributed by atoms with van der Waals surface area (Å²) in [6.07, 6.45) is 4.84. The van der Waals surface area contributed by atoms with Crippen molar-refractivity contribution in [3.8, 4) is 5.75 Å². The minimum atomic E-state index is 0.221. The first-order chi connectivity index (χ1) is 10.2. The number of nitrogens with one attached hydrogen (secondary N) is 2. The summed E-state index contributed by atoms with van der Waals surface area (Å²) in [5.41, 5.74) is 2.95. The molecule has 21 heavy (non-hydrogen) atoms. The molecule has 2 N–H and O–H groups in total. The number of benzene rings is 1. The molecule has 0 aliphatic carbocycles. The molecule has 0 aliphatic heterocycles. The van der Waals surface area contributed by atoms with Crippen LogP contribution >= 0.6 is 0 Å². The first kappa shape index (κ1) is 15.2. The van der Waals surface area contributed by atoms with Gasteiger partial charge in [0, 0.05) is 18.3 Å². The van der Waals surface area contributed by atoms with E-state index in [4.69, 9.17) is 4.74 Å². The van der Waals surface area contributed by atoms with Crippen LogP contribution in [-0.4, -0.2) is 17.6 Å². The van der Waals surface area contributed by atoms with E-state index in [9.17, 15) is 0 Å². The van der Waals surface area contributed by atoms with Crippen LogP contribution in [0.2, 0.25) is 0 Å². The second kappa shape index (κ2) is 7.53. The van der Waals surface area contributed by atoms with Crippen molar-refractivity contribution in [3.63, 3.8) is 0 Å². The Morgan fingerprint density at radius 2 is 1.90 bits per heavy atom. The fourth-order valence-corrected chi connectivity index (χ4v) is 1.94. The maximum absolute atomic E-state index is 5.84. The van der Waals surface area contributed by atoms with E-state index >= 15 is 0 Å². The Kier molecular flexibility index (Phi) is 5.43. The summed E-state index contributed by atoms with van der Waals surface area (Å²) >= 11 is 0. The van der Waals surface area contributed by atoms with Crippen molar-refractivity contribution in [2.75, 3.05) is 17.2 Å². The lowest BCUT2D eigenvalue weighted by Gasteiger charge is -2.14. The SMILES string of the molecule is CCNc1cncc(Nc2cccc(OC(C)CC)c2)c1. The quantitative estimate of drug-likeness (QED) is 0.789. The molecule has 0 aliphatic rings. The topological polar surface area (TPSA) is 46.2 Å². The summed E-state index contributed by atoms with van der Waals surface area (Å²) < 4.78 is 5.84. The summed E-state index contributed by atoms with van der Waals surface area (Å²) in [5.74, 6) is 0.880. The summed E-state index contributed by atoms with van der Waals surface area (Å²) in [7, 11) is 0. The van der Waals surface area contributed by atoms with Crippen LogP contribution in [0, 0.1) is 0 Å². The smallest absolute Gasteiger partial charge is 0.121 e. The molecule has 0 fully saturated rings. The number of pyridine rings is 1. The highest BCUT2D eigenvalue weighted by molar-refractivity contribution is 5.64. The maximum atomic E-state index is 5.84. The van der Waals surface area contributed by atoms with Gasteiger partial charge in [-0.3, -0.25) is 4.98 Å². The van der Waals surface area contributed by atoms with Crippen LogP contribution in [0.1, 0.15) is 27.2 Å². The fraction of sp³-hybridized carbons (Fsp3) is 0.353. The molecule has 2 aromatic rings. The Labute approximate surface area is 126 Å². The minimum absolute atomic E-state index is 0.221. The van der Waals surface area contributed by atoms with Gasteiger partial charge >= 0.3 is 0 Å². The second-order valence-corrected chi connectivity index (χ2v) is 4.98. The van der Waals surface area contributed by atoms with Crippen LogP contribution in [0.25, 0.3) is 0 Å². The van der Waals surface area contributed by atoms with Crippen LogP contribution < -0.4 is 15.4 Å². The molecule has 0 spiro atoms. The molecule has 0 saturated carbocycles. The van der Waals surface area contributed by atoms with Crippen molar-refractivity contribution < 1.29 is 4.74 Å². The van der Waals surface area contributed by atoms with Crippen LogP contribution in [0.3, 0.4) is 0 Å². The normalized spacial score (nSPS) is 11.8. The van der Waals surface area contributed by atoms with Crippen LogP contribution in [0.15, 0.2) is 42.7 Å². The Bertz CT molecular complexity index is 571. The molecular formula is C17H23N3O. The molecule has 1 aromatic heterocycles. The van der Waals surface area contributed by atoms with Gasteiger partial charge < -0.3 is 15.4 Å². The molecule has 1 heterocycles. The van der Waals surface area contributed by atoms with E-state index in [2.05, 4.69) is 36.4 Å². The second-order valence-electron chi connectivity index (χ2n) is 4.98. The van der Waals surface area contributed by atoms with Gasteiger partial charge in [0.05, 0.1) is 29.9 Å². The number of anilines is 3. The van der Waals surface area contributed by atoms with Crippen LogP contribution in [-0.2, 0) is 0 Å². The van der Waals surface area contributed by atoms with E-state index < -0.39 is 0 Å². The Hall–Kier alpha value is -2.23. The number of aromatic nitrogens is 1. The molecule has 2 rings (SSSR count). The standard InChI is InChI=1S/C17H23N3O/c1-4-13(3)21-17-8-6-7-14(10-17)20-16-9-15(19-5-2)11-18-12-16/h6-13,19-20H,4-5H2,1-3H3. The van der Waals surface area contributed by atoms with Gasteiger partial charge in [0.15, 0.2) is 0 Å². The molecule has 4 heteroatoms. The third kappa shape index (κ3) is 4.67. The van der Waals surface area contributed by atoms with Crippen molar-refractivity contribution in [3.05, 3.63) is 42.7 Å². The number of ether oxygens (including phenoxy) is 1. The highest BCUT2D eigenvalue weighted by Gasteiger charge is 2.03. The van der Waals surface area contributed by atoms with Crippen molar-refractivity contribution >= 4 is 17.1 Å². The zero-order valence-corrected chi connectivity index (χ0v) is 12.9. The lowest BCUT2D eigenvalue weighted by atomic mass is 10.2. The zero-order chi connectivity index (χ0) is 15.1. The van der Waals surface area contributed by atoms with Gasteiger partial charge in [-0.2, -0.15) is 0 Å². The molecule has 112 valence electrons. The van der Waals surface area contributed by atoms with Gasteiger partial charge in [-0.1, -0.05) is 13.0 Å². The van der Waals surface area contributed by atoms with Crippen LogP contribution in [0.5, 0.6) is 5.75 Å². The van der Waals surface area contributed by atoms with Gasteiger partial charge in [-0.05, 0) is 38.5 Å². The molecule has 1 aromatic carbocycles.